The van der Waals surface area contributed by atoms with E-state index in [0.717, 1.165) is 35.3 Å². The molecule has 0 atom stereocenters. The molecule has 1 aliphatic rings. The number of benzene rings is 1. The van der Waals surface area contributed by atoms with E-state index in [9.17, 15) is 0 Å². The number of hydrogen-bond donors (Lipinski definition) is 1. The van der Waals surface area contributed by atoms with Gasteiger partial charge >= 0.3 is 0 Å². The van der Waals surface area contributed by atoms with Crippen molar-refractivity contribution in [3.63, 3.8) is 0 Å². The highest BCUT2D eigenvalue weighted by Gasteiger charge is 2.05. The maximum atomic E-state index is 5.92. The van der Waals surface area contributed by atoms with Gasteiger partial charge in [-0.25, -0.2) is 0 Å². The van der Waals surface area contributed by atoms with E-state index in [0.29, 0.717) is 6.61 Å². The lowest BCUT2D eigenvalue weighted by molar-refractivity contribution is 0.373. The van der Waals surface area contributed by atoms with E-state index in [-0.39, 0.29) is 0 Å². The van der Waals surface area contributed by atoms with Crippen molar-refractivity contribution in [2.24, 2.45) is 4.99 Å². The van der Waals surface area contributed by atoms with E-state index < -0.39 is 0 Å². The van der Waals surface area contributed by atoms with Gasteiger partial charge in [0.15, 0.2) is 0 Å². The lowest BCUT2D eigenvalue weighted by Crippen LogP contribution is -2.24. The number of ether oxygens (including phenoxy) is 1. The van der Waals surface area contributed by atoms with Crippen molar-refractivity contribution >= 4 is 17.4 Å². The first kappa shape index (κ1) is 10.3. The van der Waals surface area contributed by atoms with Crippen molar-refractivity contribution in [1.82, 2.24) is 5.32 Å². The van der Waals surface area contributed by atoms with Crippen LogP contribution in [0.4, 0.5) is 0 Å². The van der Waals surface area contributed by atoms with E-state index in [2.05, 4.69) is 10.3 Å². The van der Waals surface area contributed by atoms with Crippen molar-refractivity contribution in [3.05, 3.63) is 28.8 Å². The van der Waals surface area contributed by atoms with Crippen molar-refractivity contribution in [1.29, 1.82) is 0 Å². The predicted molar refractivity (Wildman–Crippen MR) is 62.0 cm³/mol. The summed E-state index contributed by atoms with van der Waals surface area (Å²) >= 11 is 5.92. The smallest absolute Gasteiger partial charge is 0.145 e. The summed E-state index contributed by atoms with van der Waals surface area (Å²) in [7, 11) is 0. The Morgan fingerprint density at radius 3 is 3.07 bits per heavy atom. The van der Waals surface area contributed by atoms with Gasteiger partial charge in [0.2, 0.25) is 0 Å². The lowest BCUT2D eigenvalue weighted by atomic mass is 10.2. The van der Waals surface area contributed by atoms with Crippen LogP contribution in [0, 0.1) is 6.92 Å². The molecule has 2 rings (SSSR count). The second kappa shape index (κ2) is 4.53. The minimum atomic E-state index is 0.501. The van der Waals surface area contributed by atoms with Gasteiger partial charge in [0.1, 0.15) is 18.2 Å². The summed E-state index contributed by atoms with van der Waals surface area (Å²) in [6.07, 6.45) is 0. The Kier molecular flexibility index (Phi) is 3.11. The molecule has 4 heteroatoms. The summed E-state index contributed by atoms with van der Waals surface area (Å²) in [5, 5.41) is 3.91. The zero-order chi connectivity index (χ0) is 10.7. The Labute approximate surface area is 94.1 Å². The molecule has 0 aliphatic carbocycles. The Morgan fingerprint density at radius 2 is 2.40 bits per heavy atom. The van der Waals surface area contributed by atoms with Crippen LogP contribution in [-0.4, -0.2) is 25.5 Å². The van der Waals surface area contributed by atoms with Crippen LogP contribution < -0.4 is 10.1 Å². The zero-order valence-corrected chi connectivity index (χ0v) is 9.34. The number of rotatable bonds is 3. The highest BCUT2D eigenvalue weighted by Crippen LogP contribution is 2.20. The second-order valence-electron chi connectivity index (χ2n) is 3.45. The van der Waals surface area contributed by atoms with E-state index in [1.54, 1.807) is 0 Å². The summed E-state index contributed by atoms with van der Waals surface area (Å²) in [5.74, 6) is 1.75. The molecule has 0 bridgehead atoms. The van der Waals surface area contributed by atoms with Crippen LogP contribution >= 0.6 is 11.6 Å². The maximum absolute atomic E-state index is 5.92. The van der Waals surface area contributed by atoms with Crippen LogP contribution in [0.15, 0.2) is 23.2 Å². The van der Waals surface area contributed by atoms with Crippen LogP contribution in [0.25, 0.3) is 0 Å². The minimum Gasteiger partial charge on any atom is -0.486 e. The summed E-state index contributed by atoms with van der Waals surface area (Å²) in [6, 6.07) is 5.64. The molecule has 3 nitrogen and oxygen atoms in total. The van der Waals surface area contributed by atoms with Crippen LogP contribution in [0.5, 0.6) is 5.75 Å². The first-order valence-corrected chi connectivity index (χ1v) is 5.29. The molecule has 1 aliphatic heterocycles. The third kappa shape index (κ3) is 2.63. The van der Waals surface area contributed by atoms with Gasteiger partial charge in [0, 0.05) is 11.6 Å². The molecule has 0 spiro atoms. The van der Waals surface area contributed by atoms with Crippen LogP contribution in [0.2, 0.25) is 5.02 Å². The van der Waals surface area contributed by atoms with Gasteiger partial charge in [-0.1, -0.05) is 11.6 Å². The number of amidine groups is 1. The van der Waals surface area contributed by atoms with Gasteiger partial charge in [-0.3, -0.25) is 4.99 Å². The average molecular weight is 225 g/mol. The number of hydrogen-bond acceptors (Lipinski definition) is 3. The summed E-state index contributed by atoms with van der Waals surface area (Å²) in [5.41, 5.74) is 1.02. The van der Waals surface area contributed by atoms with E-state index >= 15 is 0 Å². The molecular formula is C11H13ClN2O. The summed E-state index contributed by atoms with van der Waals surface area (Å²) in [4.78, 5) is 4.25. The molecule has 1 heterocycles. The Hall–Kier alpha value is -1.22. The first-order chi connectivity index (χ1) is 7.25. The largest absolute Gasteiger partial charge is 0.486 e. The maximum Gasteiger partial charge on any atom is 0.145 e. The van der Waals surface area contributed by atoms with Gasteiger partial charge in [-0.05, 0) is 30.7 Å². The fraction of sp³-hybridized carbons (Fsp3) is 0.364. The number of aryl methyl sites for hydroxylation is 1. The molecule has 0 unspecified atom stereocenters. The molecule has 15 heavy (non-hydrogen) atoms. The summed E-state index contributed by atoms with van der Waals surface area (Å²) in [6.45, 7) is 4.22. The SMILES string of the molecule is Cc1cc(OCC2=NCCN2)ccc1Cl. The molecule has 0 radical (unpaired) electrons. The number of nitrogens with zero attached hydrogens (tertiary/aromatic N) is 1. The zero-order valence-electron chi connectivity index (χ0n) is 8.59. The molecule has 0 saturated heterocycles. The summed E-state index contributed by atoms with van der Waals surface area (Å²) < 4.78 is 5.57. The standard InChI is InChI=1S/C11H13ClN2O/c1-8-6-9(2-3-10(8)12)15-7-11-13-4-5-14-11/h2-3,6H,4-5,7H2,1H3,(H,13,14). The van der Waals surface area contributed by atoms with E-state index in [1.165, 1.54) is 0 Å². The molecule has 0 fully saturated rings. The normalized spacial score (nSPS) is 14.7. The highest BCUT2D eigenvalue weighted by molar-refractivity contribution is 6.31. The molecule has 0 saturated carbocycles. The van der Waals surface area contributed by atoms with Crippen molar-refractivity contribution in [2.75, 3.05) is 19.7 Å². The van der Waals surface area contributed by atoms with Crippen LogP contribution in [0.3, 0.4) is 0 Å². The molecular weight excluding hydrogens is 212 g/mol. The monoisotopic (exact) mass is 224 g/mol. The lowest BCUT2D eigenvalue weighted by Gasteiger charge is -2.07. The Balaban J connectivity index is 1.96. The molecule has 0 aromatic heterocycles. The molecule has 0 amide bonds. The fourth-order valence-electron chi connectivity index (χ4n) is 1.40. The van der Waals surface area contributed by atoms with Crippen molar-refractivity contribution in [3.8, 4) is 5.75 Å². The second-order valence-corrected chi connectivity index (χ2v) is 3.86. The number of nitrogens with one attached hydrogen (secondary N) is 1. The number of aliphatic imine (C=N–C) groups is 1. The van der Waals surface area contributed by atoms with Gasteiger partial charge in [0.05, 0.1) is 6.54 Å². The molecule has 80 valence electrons. The fourth-order valence-corrected chi connectivity index (χ4v) is 1.52. The minimum absolute atomic E-state index is 0.501. The molecule has 1 aromatic rings. The third-order valence-electron chi connectivity index (χ3n) is 2.25. The Bertz CT molecular complexity index is 390. The van der Waals surface area contributed by atoms with E-state index in [1.807, 2.05) is 25.1 Å². The van der Waals surface area contributed by atoms with Gasteiger partial charge in [-0.2, -0.15) is 0 Å². The van der Waals surface area contributed by atoms with Gasteiger partial charge in [-0.15, -0.1) is 0 Å². The van der Waals surface area contributed by atoms with Crippen molar-refractivity contribution < 1.29 is 4.74 Å². The van der Waals surface area contributed by atoms with Gasteiger partial charge in [0.25, 0.3) is 0 Å². The highest BCUT2D eigenvalue weighted by atomic mass is 35.5. The topological polar surface area (TPSA) is 33.6 Å². The van der Waals surface area contributed by atoms with E-state index in [4.69, 9.17) is 16.3 Å². The quantitative estimate of drug-likeness (QED) is 0.853. The third-order valence-corrected chi connectivity index (χ3v) is 2.67. The van der Waals surface area contributed by atoms with Crippen LogP contribution in [0.1, 0.15) is 5.56 Å². The van der Waals surface area contributed by atoms with Crippen LogP contribution in [-0.2, 0) is 0 Å². The Morgan fingerprint density at radius 1 is 1.53 bits per heavy atom. The van der Waals surface area contributed by atoms with Gasteiger partial charge < -0.3 is 10.1 Å². The predicted octanol–water partition coefficient (Wildman–Crippen LogP) is 2.03. The molecule has 1 aromatic carbocycles. The first-order valence-electron chi connectivity index (χ1n) is 4.92. The number of halogens is 1. The average Bonchev–Trinajstić information content (AvgIpc) is 2.73. The van der Waals surface area contributed by atoms with Crippen molar-refractivity contribution in [2.45, 2.75) is 6.92 Å². The molecule has 1 N–H and O–H groups in total.